The van der Waals surface area contributed by atoms with Crippen LogP contribution in [0.5, 0.6) is 11.5 Å². The third kappa shape index (κ3) is 3.33. The van der Waals surface area contributed by atoms with E-state index in [9.17, 15) is 14.3 Å². The topological polar surface area (TPSA) is 58.6 Å². The first-order valence-corrected chi connectivity index (χ1v) is 7.93. The number of benzene rings is 3. The Labute approximate surface area is 146 Å². The highest BCUT2D eigenvalue weighted by Crippen LogP contribution is 2.33. The Kier molecular flexibility index (Phi) is 4.66. The molecule has 4 nitrogen and oxygen atoms in total. The van der Waals surface area contributed by atoms with Crippen molar-refractivity contribution < 1.29 is 19.0 Å². The van der Waals surface area contributed by atoms with Gasteiger partial charge in [-0.25, -0.2) is 4.39 Å². The summed E-state index contributed by atoms with van der Waals surface area (Å²) in [6.45, 7) is -0.315. The van der Waals surface area contributed by atoms with Gasteiger partial charge in [0.1, 0.15) is 17.2 Å². The van der Waals surface area contributed by atoms with E-state index in [0.717, 1.165) is 21.3 Å². The lowest BCUT2D eigenvalue weighted by Crippen LogP contribution is -2.21. The lowest BCUT2D eigenvalue weighted by molar-refractivity contribution is -0.118. The molecule has 1 amide bonds. The molecule has 0 fully saturated rings. The van der Waals surface area contributed by atoms with Crippen molar-refractivity contribution in [1.29, 1.82) is 0 Å². The number of hydrogen-bond acceptors (Lipinski definition) is 3. The molecule has 0 aliphatic heterocycles. The van der Waals surface area contributed by atoms with Gasteiger partial charge < -0.3 is 15.2 Å². The molecule has 2 N–H and O–H groups in total. The van der Waals surface area contributed by atoms with Crippen LogP contribution in [0, 0.1) is 5.82 Å². The lowest BCUT2D eigenvalue weighted by Gasteiger charge is -2.11. The number of phenols is 1. The SMILES string of the molecule is O=C(COc1ccc2ccccc2c1Br)Nc1c(O)cccc1F. The van der Waals surface area contributed by atoms with Crippen LogP contribution in [0.2, 0.25) is 0 Å². The van der Waals surface area contributed by atoms with Crippen LogP contribution in [0.4, 0.5) is 10.1 Å². The Morgan fingerprint density at radius 1 is 1.12 bits per heavy atom. The highest BCUT2D eigenvalue weighted by molar-refractivity contribution is 9.10. The van der Waals surface area contributed by atoms with E-state index in [1.54, 1.807) is 6.07 Å². The number of rotatable bonds is 4. The molecule has 122 valence electrons. The average Bonchev–Trinajstić information content (AvgIpc) is 2.58. The van der Waals surface area contributed by atoms with Crippen molar-refractivity contribution in [3.63, 3.8) is 0 Å². The van der Waals surface area contributed by atoms with E-state index in [2.05, 4.69) is 21.2 Å². The maximum absolute atomic E-state index is 13.6. The molecule has 3 aromatic rings. The van der Waals surface area contributed by atoms with E-state index < -0.39 is 11.7 Å². The minimum Gasteiger partial charge on any atom is -0.506 e. The van der Waals surface area contributed by atoms with Crippen LogP contribution in [0.25, 0.3) is 10.8 Å². The van der Waals surface area contributed by atoms with E-state index in [-0.39, 0.29) is 18.0 Å². The largest absolute Gasteiger partial charge is 0.506 e. The predicted octanol–water partition coefficient (Wildman–Crippen LogP) is 4.46. The summed E-state index contributed by atoms with van der Waals surface area (Å²) in [5.74, 6) is -1.12. The molecule has 0 aromatic heterocycles. The van der Waals surface area contributed by atoms with Crippen molar-refractivity contribution in [2.75, 3.05) is 11.9 Å². The Morgan fingerprint density at radius 2 is 1.92 bits per heavy atom. The van der Waals surface area contributed by atoms with Crippen molar-refractivity contribution in [3.05, 3.63) is 64.9 Å². The summed E-state index contributed by atoms with van der Waals surface area (Å²) in [7, 11) is 0. The van der Waals surface area contributed by atoms with Gasteiger partial charge in [-0.2, -0.15) is 0 Å². The number of hydrogen-bond donors (Lipinski definition) is 2. The molecule has 0 unspecified atom stereocenters. The van der Waals surface area contributed by atoms with E-state index >= 15 is 0 Å². The van der Waals surface area contributed by atoms with Gasteiger partial charge in [0, 0.05) is 0 Å². The lowest BCUT2D eigenvalue weighted by atomic mass is 10.1. The fraction of sp³-hybridized carbons (Fsp3) is 0.0556. The van der Waals surface area contributed by atoms with Gasteiger partial charge in [-0.1, -0.05) is 36.4 Å². The molecular formula is C18H13BrFNO3. The summed E-state index contributed by atoms with van der Waals surface area (Å²) < 4.78 is 19.8. The molecule has 0 saturated heterocycles. The van der Waals surface area contributed by atoms with E-state index in [0.29, 0.717) is 5.75 Å². The number of para-hydroxylation sites is 1. The molecule has 3 aromatic carbocycles. The normalized spacial score (nSPS) is 10.6. The van der Waals surface area contributed by atoms with Crippen molar-refractivity contribution >= 4 is 38.3 Å². The number of carbonyl (C=O) groups excluding carboxylic acids is 1. The molecule has 0 saturated carbocycles. The minimum atomic E-state index is -0.713. The van der Waals surface area contributed by atoms with Crippen molar-refractivity contribution in [3.8, 4) is 11.5 Å². The summed E-state index contributed by atoms with van der Waals surface area (Å²) in [5.41, 5.74) is -0.260. The average molecular weight is 390 g/mol. The van der Waals surface area contributed by atoms with Crippen molar-refractivity contribution in [1.82, 2.24) is 0 Å². The van der Waals surface area contributed by atoms with E-state index in [1.165, 1.54) is 12.1 Å². The molecule has 0 aliphatic carbocycles. The first-order valence-electron chi connectivity index (χ1n) is 7.13. The quantitative estimate of drug-likeness (QED) is 0.647. The number of ether oxygens (including phenoxy) is 1. The number of halogens is 2. The molecule has 0 radical (unpaired) electrons. The predicted molar refractivity (Wildman–Crippen MR) is 93.8 cm³/mol. The smallest absolute Gasteiger partial charge is 0.262 e. The van der Waals surface area contributed by atoms with Gasteiger partial charge in [0.05, 0.1) is 4.47 Å². The van der Waals surface area contributed by atoms with Crippen LogP contribution in [0.15, 0.2) is 59.1 Å². The second-order valence-corrected chi connectivity index (χ2v) is 5.86. The van der Waals surface area contributed by atoms with E-state index in [1.807, 2.05) is 30.3 Å². The van der Waals surface area contributed by atoms with Crippen LogP contribution in [-0.2, 0) is 4.79 Å². The number of phenolic OH excluding ortho intramolecular Hbond substituents is 1. The summed E-state index contributed by atoms with van der Waals surface area (Å²) in [5, 5.41) is 13.9. The van der Waals surface area contributed by atoms with Gasteiger partial charge in [-0.15, -0.1) is 0 Å². The zero-order valence-corrected chi connectivity index (χ0v) is 14.0. The van der Waals surface area contributed by atoms with Crippen molar-refractivity contribution in [2.24, 2.45) is 0 Å². The van der Waals surface area contributed by atoms with Crippen LogP contribution >= 0.6 is 15.9 Å². The number of amides is 1. The Bertz CT molecular complexity index is 894. The zero-order valence-electron chi connectivity index (χ0n) is 12.4. The molecule has 0 atom stereocenters. The summed E-state index contributed by atoms with van der Waals surface area (Å²) in [6.07, 6.45) is 0. The molecular weight excluding hydrogens is 377 g/mol. The van der Waals surface area contributed by atoms with Crippen molar-refractivity contribution in [2.45, 2.75) is 0 Å². The maximum atomic E-state index is 13.6. The standard InChI is InChI=1S/C18H13BrFNO3/c19-17-12-5-2-1-4-11(12)8-9-15(17)24-10-16(23)21-18-13(20)6-3-7-14(18)22/h1-9,22H,10H2,(H,21,23). The van der Waals surface area contributed by atoms with Gasteiger partial charge in [0.15, 0.2) is 12.4 Å². The zero-order chi connectivity index (χ0) is 17.1. The maximum Gasteiger partial charge on any atom is 0.262 e. The molecule has 0 heterocycles. The summed E-state index contributed by atoms with van der Waals surface area (Å²) >= 11 is 3.47. The number of aromatic hydroxyl groups is 1. The number of carbonyl (C=O) groups is 1. The molecule has 24 heavy (non-hydrogen) atoms. The Balaban J connectivity index is 1.72. The summed E-state index contributed by atoms with van der Waals surface area (Å²) in [4.78, 5) is 11.9. The molecule has 0 spiro atoms. The highest BCUT2D eigenvalue weighted by atomic mass is 79.9. The fourth-order valence-corrected chi connectivity index (χ4v) is 2.89. The Hall–Kier alpha value is -2.60. The molecule has 3 rings (SSSR count). The molecule has 0 bridgehead atoms. The van der Waals surface area contributed by atoms with E-state index in [4.69, 9.17) is 4.74 Å². The first kappa shape index (κ1) is 16.3. The summed E-state index contributed by atoms with van der Waals surface area (Å²) in [6, 6.07) is 15.2. The van der Waals surface area contributed by atoms with Gasteiger partial charge in [-0.05, 0) is 44.9 Å². The van der Waals surface area contributed by atoms with Crippen LogP contribution in [-0.4, -0.2) is 17.6 Å². The highest BCUT2D eigenvalue weighted by Gasteiger charge is 2.13. The monoisotopic (exact) mass is 389 g/mol. The third-order valence-corrected chi connectivity index (χ3v) is 4.26. The Morgan fingerprint density at radius 3 is 2.71 bits per heavy atom. The van der Waals surface area contributed by atoms with Gasteiger partial charge >= 0.3 is 0 Å². The second kappa shape index (κ2) is 6.88. The molecule has 0 aliphatic rings. The van der Waals surface area contributed by atoms with Crippen LogP contribution in [0.1, 0.15) is 0 Å². The minimum absolute atomic E-state index is 0.260. The van der Waals surface area contributed by atoms with Gasteiger partial charge in [-0.3, -0.25) is 4.79 Å². The number of anilines is 1. The second-order valence-electron chi connectivity index (χ2n) is 5.07. The number of fused-ring (bicyclic) bond motifs is 1. The van der Waals surface area contributed by atoms with Crippen LogP contribution < -0.4 is 10.1 Å². The third-order valence-electron chi connectivity index (χ3n) is 3.44. The number of nitrogens with one attached hydrogen (secondary N) is 1. The van der Waals surface area contributed by atoms with Crippen LogP contribution in [0.3, 0.4) is 0 Å². The fourth-order valence-electron chi connectivity index (χ4n) is 2.28. The first-order chi connectivity index (χ1) is 11.6. The molecule has 6 heteroatoms. The van der Waals surface area contributed by atoms with Gasteiger partial charge in [0.25, 0.3) is 5.91 Å². The van der Waals surface area contributed by atoms with Gasteiger partial charge in [0.2, 0.25) is 0 Å².